The Morgan fingerprint density at radius 1 is 1.36 bits per heavy atom. The number of carbonyl (C=O) groups is 4. The molecule has 0 unspecified atom stereocenters. The number of benzene rings is 1. The largest absolute Gasteiger partial charge is 0.548 e. The summed E-state index contributed by atoms with van der Waals surface area (Å²) in [6, 6.07) is 3.70. The van der Waals surface area contributed by atoms with E-state index < -0.39 is 35.8 Å². The maximum absolute atomic E-state index is 12.1. The second-order valence-electron chi connectivity index (χ2n) is 5.36. The van der Waals surface area contributed by atoms with Crippen molar-refractivity contribution in [1.82, 2.24) is 10.2 Å². The molecule has 2 atom stereocenters. The van der Waals surface area contributed by atoms with Gasteiger partial charge in [0.15, 0.2) is 5.92 Å². The van der Waals surface area contributed by atoms with Gasteiger partial charge in [-0.2, -0.15) is 0 Å². The minimum absolute atomic E-state index is 0.0334. The van der Waals surface area contributed by atoms with E-state index in [1.165, 1.54) is 24.3 Å². The predicted molar refractivity (Wildman–Crippen MR) is 83.5 cm³/mol. The van der Waals surface area contributed by atoms with Gasteiger partial charge in [-0.3, -0.25) is 24.8 Å². The van der Waals surface area contributed by atoms with Crippen molar-refractivity contribution in [1.29, 1.82) is 0 Å². The molecule has 2 N–H and O–H groups in total. The normalized spacial score (nSPS) is 19.2. The number of carbonyl (C=O) groups excluding carboxylic acids is 4. The van der Waals surface area contributed by atoms with Crippen LogP contribution in [-0.2, 0) is 20.8 Å². The van der Waals surface area contributed by atoms with Gasteiger partial charge < -0.3 is 15.0 Å². The Hall–Kier alpha value is -3.23. The van der Waals surface area contributed by atoms with Gasteiger partial charge in [0, 0.05) is 19.2 Å². The highest BCUT2D eigenvalue weighted by Gasteiger charge is 2.38. The second-order valence-corrected chi connectivity index (χ2v) is 5.36. The Labute approximate surface area is 143 Å². The van der Waals surface area contributed by atoms with Gasteiger partial charge >= 0.3 is 6.03 Å². The zero-order chi connectivity index (χ0) is 18.6. The molecular weight excluding hydrogens is 330 g/mol. The average molecular weight is 346 g/mol. The fourth-order valence-corrected chi connectivity index (χ4v) is 2.30. The number of hydrogen-bond donors (Lipinski definition) is 2. The minimum atomic E-state index is -1.48. The van der Waals surface area contributed by atoms with Crippen molar-refractivity contribution in [2.45, 2.75) is 19.4 Å². The molecule has 0 aromatic heterocycles. The van der Waals surface area contributed by atoms with Crippen molar-refractivity contribution in [3.8, 4) is 5.75 Å². The summed E-state index contributed by atoms with van der Waals surface area (Å²) in [5.74, 6) is -4.44. The van der Waals surface area contributed by atoms with Gasteiger partial charge in [0.05, 0.1) is 12.0 Å². The van der Waals surface area contributed by atoms with E-state index in [1.807, 2.05) is 5.32 Å². The van der Waals surface area contributed by atoms with E-state index in [0.717, 1.165) is 11.1 Å². The number of amides is 4. The molecule has 1 aliphatic heterocycles. The molecular formula is C16H16N3O6-. The zero-order valence-electron chi connectivity index (χ0n) is 13.3. The molecule has 0 saturated carbocycles. The van der Waals surface area contributed by atoms with Crippen LogP contribution in [0.1, 0.15) is 12.5 Å². The Morgan fingerprint density at radius 3 is 2.56 bits per heavy atom. The third kappa shape index (κ3) is 4.19. The number of phenolic OH excluding ortho intramolecular Hbond substituents is 1. The highest BCUT2D eigenvalue weighted by Crippen LogP contribution is 2.13. The third-order valence-electron chi connectivity index (χ3n) is 3.66. The molecule has 9 nitrogen and oxygen atoms in total. The fraction of sp³-hybridized carbons (Fsp3) is 0.312. The van der Waals surface area contributed by atoms with E-state index in [4.69, 9.17) is 0 Å². The number of aliphatic imine (C=N–C) groups is 1. The third-order valence-corrected chi connectivity index (χ3v) is 3.66. The summed E-state index contributed by atoms with van der Waals surface area (Å²) in [6.07, 6.45) is 0.881. The van der Waals surface area contributed by atoms with E-state index >= 15 is 0 Å². The van der Waals surface area contributed by atoms with Crippen molar-refractivity contribution in [2.24, 2.45) is 10.9 Å². The van der Waals surface area contributed by atoms with Crippen LogP contribution in [0.4, 0.5) is 4.79 Å². The molecule has 1 aromatic carbocycles. The molecule has 0 aliphatic carbocycles. The van der Waals surface area contributed by atoms with Crippen molar-refractivity contribution in [3.63, 3.8) is 0 Å². The van der Waals surface area contributed by atoms with Gasteiger partial charge in [-0.25, -0.2) is 4.79 Å². The van der Waals surface area contributed by atoms with Crippen molar-refractivity contribution in [3.05, 3.63) is 29.8 Å². The number of nitrogens with one attached hydrogen (secondary N) is 1. The lowest BCUT2D eigenvalue weighted by molar-refractivity contribution is -0.307. The average Bonchev–Trinajstić information content (AvgIpc) is 2.55. The summed E-state index contributed by atoms with van der Waals surface area (Å²) in [5, 5.41) is 22.5. The maximum Gasteiger partial charge on any atom is 0.330 e. The van der Waals surface area contributed by atoms with Crippen molar-refractivity contribution >= 4 is 30.0 Å². The van der Waals surface area contributed by atoms with E-state index in [-0.39, 0.29) is 18.7 Å². The Bertz CT molecular complexity index is 728. The van der Waals surface area contributed by atoms with Crippen LogP contribution in [0.5, 0.6) is 5.75 Å². The zero-order valence-corrected chi connectivity index (χ0v) is 13.3. The standard InChI is InChI=1S/C16H17N3O6/c1-2-19-14(22)11(13(21)18-16(19)25)8-17-12(15(23)24)7-9-3-5-10(20)6-4-9/h3-6,8,11-12,20H,2,7H2,1H3,(H,23,24)(H,18,21,25)/p-1/t11-,12+/m0/s1. The topological polar surface area (TPSA) is 139 Å². The van der Waals surface area contributed by atoms with Gasteiger partial charge in [0.1, 0.15) is 5.75 Å². The summed E-state index contributed by atoms with van der Waals surface area (Å²) in [7, 11) is 0. The molecule has 9 heteroatoms. The van der Waals surface area contributed by atoms with Gasteiger partial charge in [-0.15, -0.1) is 0 Å². The minimum Gasteiger partial charge on any atom is -0.548 e. The molecule has 1 aromatic rings. The predicted octanol–water partition coefficient (Wildman–Crippen LogP) is -1.16. The van der Waals surface area contributed by atoms with Crippen LogP contribution in [0.25, 0.3) is 0 Å². The lowest BCUT2D eigenvalue weighted by Crippen LogP contribution is -2.58. The highest BCUT2D eigenvalue weighted by molar-refractivity contribution is 6.23. The molecule has 132 valence electrons. The number of barbiturate groups is 1. The Kier molecular flexibility index (Phi) is 5.48. The number of phenols is 1. The van der Waals surface area contributed by atoms with E-state index in [2.05, 4.69) is 4.99 Å². The van der Waals surface area contributed by atoms with Crippen LogP contribution in [-0.4, -0.2) is 52.6 Å². The molecule has 0 bridgehead atoms. The first-order valence-electron chi connectivity index (χ1n) is 7.51. The summed E-state index contributed by atoms with van der Waals surface area (Å²) in [5.41, 5.74) is 0.578. The molecule has 0 spiro atoms. The molecule has 4 amide bonds. The van der Waals surface area contributed by atoms with Crippen LogP contribution in [0, 0.1) is 5.92 Å². The first kappa shape index (κ1) is 18.1. The SMILES string of the molecule is CCN1C(=O)NC(=O)[C@H](C=N[C@H](Cc2ccc(O)cc2)C(=O)[O-])C1=O. The lowest BCUT2D eigenvalue weighted by atomic mass is 10.0. The number of carboxylic acids is 1. The van der Waals surface area contributed by atoms with E-state index in [1.54, 1.807) is 6.92 Å². The Balaban J connectivity index is 2.16. The second kappa shape index (κ2) is 7.56. The number of aromatic hydroxyl groups is 1. The van der Waals surface area contributed by atoms with Crippen LogP contribution >= 0.6 is 0 Å². The molecule has 1 aliphatic rings. The lowest BCUT2D eigenvalue weighted by Gasteiger charge is -2.27. The van der Waals surface area contributed by atoms with Gasteiger partial charge in [0.2, 0.25) is 11.8 Å². The van der Waals surface area contributed by atoms with Crippen LogP contribution in [0.15, 0.2) is 29.3 Å². The smallest absolute Gasteiger partial charge is 0.330 e. The molecule has 0 radical (unpaired) electrons. The first-order valence-corrected chi connectivity index (χ1v) is 7.51. The van der Waals surface area contributed by atoms with Crippen molar-refractivity contribution < 1.29 is 29.4 Å². The molecule has 1 fully saturated rings. The van der Waals surface area contributed by atoms with Crippen LogP contribution < -0.4 is 10.4 Å². The number of rotatable bonds is 6. The monoisotopic (exact) mass is 346 g/mol. The number of carboxylic acid groups (broad SMARTS) is 1. The van der Waals surface area contributed by atoms with E-state index in [0.29, 0.717) is 5.56 Å². The summed E-state index contributed by atoms with van der Waals surface area (Å²) < 4.78 is 0. The van der Waals surface area contributed by atoms with Gasteiger partial charge in [0.25, 0.3) is 0 Å². The molecule has 2 rings (SSSR count). The summed E-state index contributed by atoms with van der Waals surface area (Å²) in [6.45, 7) is 1.63. The van der Waals surface area contributed by atoms with Crippen molar-refractivity contribution in [2.75, 3.05) is 6.54 Å². The number of nitrogens with zero attached hydrogens (tertiary/aromatic N) is 2. The molecule has 1 saturated heterocycles. The van der Waals surface area contributed by atoms with Gasteiger partial charge in [-0.05, 0) is 24.6 Å². The van der Waals surface area contributed by atoms with Gasteiger partial charge in [-0.1, -0.05) is 12.1 Å². The highest BCUT2D eigenvalue weighted by atomic mass is 16.4. The molecule has 25 heavy (non-hydrogen) atoms. The Morgan fingerprint density at radius 2 is 2.00 bits per heavy atom. The fourth-order valence-electron chi connectivity index (χ4n) is 2.30. The molecule has 1 heterocycles. The summed E-state index contributed by atoms with van der Waals surface area (Å²) >= 11 is 0. The number of urea groups is 1. The number of hydrogen-bond acceptors (Lipinski definition) is 7. The van der Waals surface area contributed by atoms with Crippen LogP contribution in [0.2, 0.25) is 0 Å². The van der Waals surface area contributed by atoms with E-state index in [9.17, 15) is 29.4 Å². The first-order chi connectivity index (χ1) is 11.8. The van der Waals surface area contributed by atoms with Crippen LogP contribution in [0.3, 0.4) is 0 Å². The maximum atomic E-state index is 12.1. The summed E-state index contributed by atoms with van der Waals surface area (Å²) in [4.78, 5) is 51.3. The number of aliphatic carboxylic acids is 1. The quantitative estimate of drug-likeness (QED) is 0.492. The number of imide groups is 2.